The molecule has 0 aromatic heterocycles. The molecule has 1 aromatic carbocycles. The lowest BCUT2D eigenvalue weighted by atomic mass is 9.32. The molecule has 5 aliphatic rings. The van der Waals surface area contributed by atoms with Crippen molar-refractivity contribution in [2.24, 2.45) is 56.7 Å². The SMILES string of the molecule is C=C[C@@H]1CC[C@]2(C)CC[C@]3(C)[C@@H](CC[C@H]4[C@@]5(C)CC[C@H](OC(=O)/C=C/c6ccc(O)cc6)C(C)(C)[C@@H]5CC[C@]43C)[C@H]12. The Hall–Kier alpha value is -2.03. The fourth-order valence-corrected chi connectivity index (χ4v) is 12.4. The molecular formula is C38H54O3. The lowest BCUT2D eigenvalue weighted by Gasteiger charge is -2.72. The summed E-state index contributed by atoms with van der Waals surface area (Å²) in [5.41, 5.74) is 2.37. The average molecular weight is 559 g/mol. The van der Waals surface area contributed by atoms with Crippen molar-refractivity contribution >= 4 is 12.0 Å². The summed E-state index contributed by atoms with van der Waals surface area (Å²) < 4.78 is 6.21. The molecule has 5 fully saturated rings. The van der Waals surface area contributed by atoms with E-state index < -0.39 is 0 Å². The number of ether oxygens (including phenoxy) is 1. The Labute approximate surface area is 249 Å². The number of hydrogen-bond donors (Lipinski definition) is 1. The maximum Gasteiger partial charge on any atom is 0.331 e. The molecular weight excluding hydrogens is 504 g/mol. The van der Waals surface area contributed by atoms with Crippen LogP contribution in [0.15, 0.2) is 43.0 Å². The fourth-order valence-electron chi connectivity index (χ4n) is 12.4. The Morgan fingerprint density at radius 2 is 1.59 bits per heavy atom. The van der Waals surface area contributed by atoms with Gasteiger partial charge in [-0.15, -0.1) is 6.58 Å². The molecule has 1 aromatic rings. The van der Waals surface area contributed by atoms with Gasteiger partial charge in [-0.3, -0.25) is 0 Å². The van der Waals surface area contributed by atoms with E-state index in [9.17, 15) is 9.90 Å². The lowest BCUT2D eigenvalue weighted by Crippen LogP contribution is -2.66. The van der Waals surface area contributed by atoms with Crippen LogP contribution in [-0.4, -0.2) is 17.2 Å². The number of carbonyl (C=O) groups excluding carboxylic acids is 1. The third kappa shape index (κ3) is 4.21. The summed E-state index contributed by atoms with van der Waals surface area (Å²) in [7, 11) is 0. The standard InChI is InChI=1S/C38H54O3/c1-8-26-17-20-35(4)23-24-37(6)28(33(26)35)14-15-30-36(5)21-19-31(34(2,3)29(36)18-22-38(30,37)7)41-32(40)16-11-25-9-12-27(39)13-10-25/h8-13,16,26,28-31,33,39H,1,14-15,17-24H2,2-7H3/b16-11+/t26-,28+,29+,30+,31+,33+,35-,36+,37-,38-/m1/s1. The van der Waals surface area contributed by atoms with Gasteiger partial charge in [-0.25, -0.2) is 4.79 Å². The number of esters is 1. The summed E-state index contributed by atoms with van der Waals surface area (Å²) in [6, 6.07) is 6.89. The molecule has 5 saturated carbocycles. The number of phenols is 1. The summed E-state index contributed by atoms with van der Waals surface area (Å²) in [5.74, 6) is 3.58. The second-order valence-electron chi connectivity index (χ2n) is 16.5. The highest BCUT2D eigenvalue weighted by Crippen LogP contribution is 2.77. The van der Waals surface area contributed by atoms with Gasteiger partial charge in [0, 0.05) is 11.5 Å². The zero-order chi connectivity index (χ0) is 29.4. The highest BCUT2D eigenvalue weighted by atomic mass is 16.5. The number of carbonyl (C=O) groups is 1. The molecule has 224 valence electrons. The second-order valence-corrected chi connectivity index (χ2v) is 16.5. The summed E-state index contributed by atoms with van der Waals surface area (Å²) in [6.45, 7) is 19.7. The summed E-state index contributed by atoms with van der Waals surface area (Å²) >= 11 is 0. The van der Waals surface area contributed by atoms with Crippen LogP contribution in [0.4, 0.5) is 0 Å². The topological polar surface area (TPSA) is 46.5 Å². The Kier molecular flexibility index (Phi) is 6.91. The van der Waals surface area contributed by atoms with Crippen molar-refractivity contribution in [3.8, 4) is 5.75 Å². The number of benzene rings is 1. The quantitative estimate of drug-likeness (QED) is 0.227. The van der Waals surface area contributed by atoms with Crippen LogP contribution in [0, 0.1) is 56.7 Å². The minimum absolute atomic E-state index is 0.0569. The van der Waals surface area contributed by atoms with E-state index in [-0.39, 0.29) is 28.7 Å². The molecule has 0 unspecified atom stereocenters. The first-order valence-corrected chi connectivity index (χ1v) is 16.6. The average Bonchev–Trinajstić information content (AvgIpc) is 3.27. The number of fused-ring (bicyclic) bond motifs is 7. The first-order valence-electron chi connectivity index (χ1n) is 16.6. The van der Waals surface area contributed by atoms with Gasteiger partial charge in [0.1, 0.15) is 11.9 Å². The van der Waals surface area contributed by atoms with Crippen LogP contribution in [-0.2, 0) is 9.53 Å². The third-order valence-electron chi connectivity index (χ3n) is 14.7. The second kappa shape index (κ2) is 9.75. The Balaban J connectivity index is 1.22. The predicted molar refractivity (Wildman–Crippen MR) is 167 cm³/mol. The van der Waals surface area contributed by atoms with Crippen molar-refractivity contribution in [2.75, 3.05) is 0 Å². The van der Waals surface area contributed by atoms with Gasteiger partial charge in [0.05, 0.1) is 0 Å². The van der Waals surface area contributed by atoms with Gasteiger partial charge in [-0.1, -0.05) is 59.8 Å². The monoisotopic (exact) mass is 558 g/mol. The lowest BCUT2D eigenvalue weighted by molar-refractivity contribution is -0.248. The molecule has 0 amide bonds. The molecule has 0 spiro atoms. The van der Waals surface area contributed by atoms with Crippen LogP contribution in [0.2, 0.25) is 0 Å². The van der Waals surface area contributed by atoms with Crippen molar-refractivity contribution < 1.29 is 14.6 Å². The molecule has 3 heteroatoms. The maximum absolute atomic E-state index is 13.0. The van der Waals surface area contributed by atoms with E-state index in [1.165, 1.54) is 51.4 Å². The summed E-state index contributed by atoms with van der Waals surface area (Å²) in [5, 5.41) is 9.53. The van der Waals surface area contributed by atoms with E-state index >= 15 is 0 Å². The van der Waals surface area contributed by atoms with Crippen molar-refractivity contribution in [2.45, 2.75) is 112 Å². The largest absolute Gasteiger partial charge is 0.508 e. The zero-order valence-corrected chi connectivity index (χ0v) is 26.5. The van der Waals surface area contributed by atoms with Gasteiger partial charge in [0.2, 0.25) is 0 Å². The summed E-state index contributed by atoms with van der Waals surface area (Å²) in [4.78, 5) is 13.0. The third-order valence-corrected chi connectivity index (χ3v) is 14.7. The van der Waals surface area contributed by atoms with Crippen LogP contribution < -0.4 is 0 Å². The van der Waals surface area contributed by atoms with Gasteiger partial charge >= 0.3 is 5.97 Å². The van der Waals surface area contributed by atoms with Crippen LogP contribution >= 0.6 is 0 Å². The van der Waals surface area contributed by atoms with Gasteiger partial charge < -0.3 is 9.84 Å². The van der Waals surface area contributed by atoms with Gasteiger partial charge in [0.15, 0.2) is 0 Å². The maximum atomic E-state index is 13.0. The first kappa shape index (κ1) is 29.1. The van der Waals surface area contributed by atoms with Crippen molar-refractivity contribution in [1.82, 2.24) is 0 Å². The number of hydrogen-bond acceptors (Lipinski definition) is 3. The zero-order valence-electron chi connectivity index (χ0n) is 26.5. The normalized spacial score (nSPS) is 46.6. The molecule has 1 N–H and O–H groups in total. The van der Waals surface area contributed by atoms with Crippen LogP contribution in [0.1, 0.15) is 111 Å². The fraction of sp³-hybridized carbons (Fsp3) is 0.711. The number of phenolic OH excluding ortho intramolecular Hbond substituents is 1. The Bertz CT molecular complexity index is 1210. The molecule has 41 heavy (non-hydrogen) atoms. The molecule has 0 heterocycles. The smallest absolute Gasteiger partial charge is 0.331 e. The van der Waals surface area contributed by atoms with Gasteiger partial charge in [-0.05, 0) is 139 Å². The molecule has 0 aliphatic heterocycles. The molecule has 3 nitrogen and oxygen atoms in total. The predicted octanol–water partition coefficient (Wildman–Crippen LogP) is 9.60. The Morgan fingerprint density at radius 3 is 2.29 bits per heavy atom. The molecule has 10 atom stereocenters. The van der Waals surface area contributed by atoms with E-state index in [0.717, 1.165) is 36.2 Å². The number of rotatable bonds is 4. The first-order chi connectivity index (χ1) is 19.3. The highest BCUT2D eigenvalue weighted by Gasteiger charge is 2.70. The summed E-state index contributed by atoms with van der Waals surface area (Å²) in [6.07, 6.45) is 18.5. The van der Waals surface area contributed by atoms with E-state index in [1.807, 2.05) is 0 Å². The van der Waals surface area contributed by atoms with Crippen molar-refractivity contribution in [3.05, 3.63) is 48.6 Å². The highest BCUT2D eigenvalue weighted by molar-refractivity contribution is 5.87. The van der Waals surface area contributed by atoms with E-state index in [1.54, 1.807) is 36.4 Å². The van der Waals surface area contributed by atoms with E-state index in [4.69, 9.17) is 4.74 Å². The molecule has 0 radical (unpaired) electrons. The Morgan fingerprint density at radius 1 is 0.854 bits per heavy atom. The minimum Gasteiger partial charge on any atom is -0.508 e. The molecule has 0 saturated heterocycles. The molecule has 0 bridgehead atoms. The van der Waals surface area contributed by atoms with Crippen molar-refractivity contribution in [3.63, 3.8) is 0 Å². The molecule has 5 aliphatic carbocycles. The minimum atomic E-state index is -0.257. The van der Waals surface area contributed by atoms with Crippen LogP contribution in [0.25, 0.3) is 6.08 Å². The number of aromatic hydroxyl groups is 1. The van der Waals surface area contributed by atoms with Gasteiger partial charge in [0.25, 0.3) is 0 Å². The van der Waals surface area contributed by atoms with E-state index in [2.05, 4.69) is 54.2 Å². The van der Waals surface area contributed by atoms with Gasteiger partial charge in [-0.2, -0.15) is 0 Å². The molecule has 6 rings (SSSR count). The van der Waals surface area contributed by atoms with Crippen molar-refractivity contribution in [1.29, 1.82) is 0 Å². The number of allylic oxidation sites excluding steroid dienone is 1. The van der Waals surface area contributed by atoms with Crippen LogP contribution in [0.3, 0.4) is 0 Å². The van der Waals surface area contributed by atoms with E-state index in [0.29, 0.717) is 28.1 Å². The van der Waals surface area contributed by atoms with Crippen LogP contribution in [0.5, 0.6) is 5.75 Å².